The van der Waals surface area contributed by atoms with Crippen molar-refractivity contribution >= 4 is 42.3 Å². The standard InChI is InChI=1S/C17H34N8O5S/c18-6-2-1-4-10(19)14(28)25-12(9-31)16(30)24-11(5-3-7-22-17(20)21)15(29)23-8-13(26)27/h10-12,31H,1-9,18-19H2,(H,23,29)(H,24,30)(H,25,28)(H,26,27)(H4,20,21,22). The number of rotatable bonds is 16. The number of aliphatic carboxylic acids is 1. The Kier molecular flexibility index (Phi) is 14.8. The van der Waals surface area contributed by atoms with Crippen molar-refractivity contribution in [3.63, 3.8) is 0 Å². The van der Waals surface area contributed by atoms with Gasteiger partial charge >= 0.3 is 5.97 Å². The van der Waals surface area contributed by atoms with Crippen molar-refractivity contribution in [2.75, 3.05) is 25.4 Å². The van der Waals surface area contributed by atoms with Crippen LogP contribution in [-0.2, 0) is 19.2 Å². The van der Waals surface area contributed by atoms with E-state index in [9.17, 15) is 19.2 Å². The van der Waals surface area contributed by atoms with Gasteiger partial charge in [-0.25, -0.2) is 0 Å². The van der Waals surface area contributed by atoms with Crippen molar-refractivity contribution in [2.45, 2.75) is 50.2 Å². The first-order valence-corrected chi connectivity index (χ1v) is 10.5. The van der Waals surface area contributed by atoms with Crippen molar-refractivity contribution in [1.29, 1.82) is 0 Å². The molecule has 0 heterocycles. The lowest BCUT2D eigenvalue weighted by Gasteiger charge is -2.23. The molecule has 0 saturated carbocycles. The van der Waals surface area contributed by atoms with Crippen LogP contribution < -0.4 is 38.9 Å². The molecule has 0 aromatic carbocycles. The highest BCUT2D eigenvalue weighted by molar-refractivity contribution is 7.80. The topological polar surface area (TPSA) is 241 Å². The molecule has 178 valence electrons. The zero-order chi connectivity index (χ0) is 23.8. The first kappa shape index (κ1) is 28.4. The molecule has 13 nitrogen and oxygen atoms in total. The van der Waals surface area contributed by atoms with Crippen molar-refractivity contribution in [1.82, 2.24) is 16.0 Å². The van der Waals surface area contributed by atoms with Crippen LogP contribution in [0.15, 0.2) is 4.99 Å². The van der Waals surface area contributed by atoms with Gasteiger partial charge in [-0.1, -0.05) is 6.42 Å². The van der Waals surface area contributed by atoms with Crippen LogP contribution >= 0.6 is 12.6 Å². The fourth-order valence-corrected chi connectivity index (χ4v) is 2.70. The van der Waals surface area contributed by atoms with Gasteiger partial charge in [-0.15, -0.1) is 0 Å². The first-order chi connectivity index (χ1) is 14.6. The van der Waals surface area contributed by atoms with Crippen LogP contribution in [0, 0.1) is 0 Å². The number of nitrogens with one attached hydrogen (secondary N) is 3. The molecular formula is C17H34N8O5S. The number of nitrogens with zero attached hydrogens (tertiary/aromatic N) is 1. The van der Waals surface area contributed by atoms with Crippen LogP contribution in [0.25, 0.3) is 0 Å². The molecule has 31 heavy (non-hydrogen) atoms. The third kappa shape index (κ3) is 13.4. The Hall–Kier alpha value is -2.58. The summed E-state index contributed by atoms with van der Waals surface area (Å²) in [5, 5.41) is 15.9. The van der Waals surface area contributed by atoms with Gasteiger partial charge in [0.2, 0.25) is 17.7 Å². The maximum atomic E-state index is 12.6. The van der Waals surface area contributed by atoms with E-state index in [2.05, 4.69) is 33.6 Å². The number of nitrogens with two attached hydrogens (primary N) is 4. The molecule has 0 aromatic heterocycles. The Labute approximate surface area is 186 Å². The molecule has 12 N–H and O–H groups in total. The molecule has 0 aliphatic heterocycles. The number of carbonyl (C=O) groups excluding carboxylic acids is 3. The summed E-state index contributed by atoms with van der Waals surface area (Å²) in [6.45, 7) is 0.0965. The van der Waals surface area contributed by atoms with E-state index in [4.69, 9.17) is 28.0 Å². The van der Waals surface area contributed by atoms with E-state index in [0.29, 0.717) is 25.8 Å². The summed E-state index contributed by atoms with van der Waals surface area (Å²) < 4.78 is 0. The lowest BCUT2D eigenvalue weighted by molar-refractivity contribution is -0.138. The van der Waals surface area contributed by atoms with Gasteiger partial charge < -0.3 is 44.0 Å². The van der Waals surface area contributed by atoms with E-state index < -0.39 is 48.4 Å². The molecule has 3 atom stereocenters. The van der Waals surface area contributed by atoms with Crippen LogP contribution in [0.1, 0.15) is 32.1 Å². The highest BCUT2D eigenvalue weighted by atomic mass is 32.1. The molecule has 3 unspecified atom stereocenters. The number of hydrogen-bond acceptors (Lipinski definition) is 8. The number of unbranched alkanes of at least 4 members (excludes halogenated alkanes) is 1. The molecular weight excluding hydrogens is 428 g/mol. The van der Waals surface area contributed by atoms with Crippen molar-refractivity contribution in [3.8, 4) is 0 Å². The second-order valence-corrected chi connectivity index (χ2v) is 7.12. The van der Waals surface area contributed by atoms with E-state index in [-0.39, 0.29) is 24.7 Å². The monoisotopic (exact) mass is 462 g/mol. The second kappa shape index (κ2) is 16.2. The number of thiol groups is 1. The van der Waals surface area contributed by atoms with Gasteiger partial charge in [0, 0.05) is 12.3 Å². The van der Waals surface area contributed by atoms with Gasteiger partial charge in [-0.3, -0.25) is 24.2 Å². The molecule has 0 spiro atoms. The minimum absolute atomic E-state index is 0.0371. The van der Waals surface area contributed by atoms with Gasteiger partial charge in [-0.2, -0.15) is 12.6 Å². The fraction of sp³-hybridized carbons (Fsp3) is 0.706. The molecule has 0 aromatic rings. The number of aliphatic imine (C=N–C) groups is 1. The molecule has 0 fully saturated rings. The number of carboxylic acids is 1. The summed E-state index contributed by atoms with van der Waals surface area (Å²) in [6, 6.07) is -2.90. The zero-order valence-electron chi connectivity index (χ0n) is 17.4. The molecule has 3 amide bonds. The molecule has 0 rings (SSSR count). The van der Waals surface area contributed by atoms with Gasteiger partial charge in [-0.05, 0) is 32.2 Å². The Morgan fingerprint density at radius 3 is 2.13 bits per heavy atom. The zero-order valence-corrected chi connectivity index (χ0v) is 18.3. The molecule has 0 radical (unpaired) electrons. The lowest BCUT2D eigenvalue weighted by Crippen LogP contribution is -2.56. The average Bonchev–Trinajstić information content (AvgIpc) is 2.71. The number of carboxylic acid groups (broad SMARTS) is 1. The SMILES string of the molecule is NCCCCC(N)C(=O)NC(CS)C(=O)NC(CCCN=C(N)N)C(=O)NCC(=O)O. The fourth-order valence-electron chi connectivity index (χ4n) is 2.44. The number of hydrogen-bond donors (Lipinski definition) is 9. The molecule has 14 heteroatoms. The highest BCUT2D eigenvalue weighted by Gasteiger charge is 2.27. The predicted molar refractivity (Wildman–Crippen MR) is 119 cm³/mol. The summed E-state index contributed by atoms with van der Waals surface area (Å²) in [5.41, 5.74) is 21.7. The molecule has 0 aliphatic rings. The minimum Gasteiger partial charge on any atom is -0.480 e. The minimum atomic E-state index is -1.23. The third-order valence-corrected chi connectivity index (χ3v) is 4.48. The van der Waals surface area contributed by atoms with Crippen LogP contribution in [0.2, 0.25) is 0 Å². The highest BCUT2D eigenvalue weighted by Crippen LogP contribution is 2.02. The van der Waals surface area contributed by atoms with Gasteiger partial charge in [0.25, 0.3) is 0 Å². The van der Waals surface area contributed by atoms with Crippen molar-refractivity contribution in [2.24, 2.45) is 27.9 Å². The second-order valence-electron chi connectivity index (χ2n) is 6.76. The van der Waals surface area contributed by atoms with E-state index >= 15 is 0 Å². The van der Waals surface area contributed by atoms with Crippen molar-refractivity contribution in [3.05, 3.63) is 0 Å². The van der Waals surface area contributed by atoms with E-state index in [1.54, 1.807) is 0 Å². The predicted octanol–water partition coefficient (Wildman–Crippen LogP) is -3.40. The summed E-state index contributed by atoms with van der Waals surface area (Å²) in [7, 11) is 0. The van der Waals surface area contributed by atoms with Crippen LogP contribution in [-0.4, -0.2) is 78.3 Å². The Morgan fingerprint density at radius 2 is 1.58 bits per heavy atom. The van der Waals surface area contributed by atoms with E-state index in [1.165, 1.54) is 0 Å². The van der Waals surface area contributed by atoms with Crippen LogP contribution in [0.5, 0.6) is 0 Å². The molecule has 0 saturated heterocycles. The summed E-state index contributed by atoms with van der Waals surface area (Å²) in [5.74, 6) is -3.26. The largest absolute Gasteiger partial charge is 0.480 e. The van der Waals surface area contributed by atoms with Crippen LogP contribution in [0.4, 0.5) is 0 Å². The van der Waals surface area contributed by atoms with Crippen LogP contribution in [0.3, 0.4) is 0 Å². The van der Waals surface area contributed by atoms with Gasteiger partial charge in [0.1, 0.15) is 18.6 Å². The summed E-state index contributed by atoms with van der Waals surface area (Å²) in [4.78, 5) is 51.6. The lowest BCUT2D eigenvalue weighted by atomic mass is 10.1. The summed E-state index contributed by atoms with van der Waals surface area (Å²) in [6.07, 6.45) is 2.29. The maximum absolute atomic E-state index is 12.6. The Morgan fingerprint density at radius 1 is 0.935 bits per heavy atom. The Balaban J connectivity index is 4.98. The Bertz CT molecular complexity index is 630. The van der Waals surface area contributed by atoms with E-state index in [0.717, 1.165) is 6.42 Å². The number of guanidine groups is 1. The number of amides is 3. The molecule has 0 aliphatic carbocycles. The number of carbonyl (C=O) groups is 4. The quantitative estimate of drug-likeness (QED) is 0.0479. The maximum Gasteiger partial charge on any atom is 0.322 e. The van der Waals surface area contributed by atoms with Gasteiger partial charge in [0.05, 0.1) is 6.04 Å². The normalized spacial score (nSPS) is 13.4. The first-order valence-electron chi connectivity index (χ1n) is 9.84. The molecule has 0 bridgehead atoms. The average molecular weight is 463 g/mol. The summed E-state index contributed by atoms with van der Waals surface area (Å²) >= 11 is 4.08. The van der Waals surface area contributed by atoms with Crippen molar-refractivity contribution < 1.29 is 24.3 Å². The van der Waals surface area contributed by atoms with E-state index in [1.807, 2.05) is 0 Å². The third-order valence-electron chi connectivity index (χ3n) is 4.11. The smallest absolute Gasteiger partial charge is 0.322 e. The van der Waals surface area contributed by atoms with Gasteiger partial charge in [0.15, 0.2) is 5.96 Å².